The number of benzene rings is 1. The standard InChI is InChI=1S/C20H24N2O5S2/c1-13-6-7-14(2)16(10-13)29(25,26)20(8-4-5-9-20)18(24)27-11-17(23)22-19-21-15(3)12-28-19/h6-7,10,12H,4-5,8-9,11H2,1-3H3,(H,21,22,23). The van der Waals surface area contributed by atoms with Gasteiger partial charge in [0, 0.05) is 5.38 Å². The van der Waals surface area contributed by atoms with Gasteiger partial charge in [0.2, 0.25) is 0 Å². The van der Waals surface area contributed by atoms with Crippen molar-refractivity contribution in [1.29, 1.82) is 0 Å². The van der Waals surface area contributed by atoms with Crippen LogP contribution in [0, 0.1) is 20.8 Å². The van der Waals surface area contributed by atoms with Gasteiger partial charge in [-0.15, -0.1) is 11.3 Å². The first-order chi connectivity index (χ1) is 13.7. The molecule has 1 aromatic heterocycles. The van der Waals surface area contributed by atoms with Gasteiger partial charge in [0.05, 0.1) is 10.6 Å². The van der Waals surface area contributed by atoms with Crippen LogP contribution in [0.4, 0.5) is 5.13 Å². The lowest BCUT2D eigenvalue weighted by Gasteiger charge is -2.27. The van der Waals surface area contributed by atoms with Gasteiger partial charge in [-0.1, -0.05) is 25.0 Å². The molecule has 29 heavy (non-hydrogen) atoms. The molecule has 1 aliphatic carbocycles. The molecule has 0 aliphatic heterocycles. The van der Waals surface area contributed by atoms with Gasteiger partial charge in [-0.05, 0) is 50.8 Å². The van der Waals surface area contributed by atoms with Crippen LogP contribution in [0.2, 0.25) is 0 Å². The number of rotatable bonds is 6. The van der Waals surface area contributed by atoms with E-state index in [4.69, 9.17) is 4.74 Å². The van der Waals surface area contributed by atoms with E-state index in [1.54, 1.807) is 31.4 Å². The van der Waals surface area contributed by atoms with Gasteiger partial charge in [-0.25, -0.2) is 13.4 Å². The number of carbonyl (C=O) groups is 2. The second-order valence-electron chi connectivity index (χ2n) is 7.39. The first-order valence-electron chi connectivity index (χ1n) is 9.37. The van der Waals surface area contributed by atoms with E-state index >= 15 is 0 Å². The zero-order valence-electron chi connectivity index (χ0n) is 16.6. The lowest BCUT2D eigenvalue weighted by molar-refractivity contribution is -0.149. The van der Waals surface area contributed by atoms with Crippen molar-refractivity contribution in [1.82, 2.24) is 4.98 Å². The fourth-order valence-electron chi connectivity index (χ4n) is 3.57. The lowest BCUT2D eigenvalue weighted by atomic mass is 10.1. The van der Waals surface area contributed by atoms with Crippen LogP contribution in [-0.2, 0) is 24.2 Å². The Morgan fingerprint density at radius 3 is 2.52 bits per heavy atom. The van der Waals surface area contributed by atoms with E-state index in [1.165, 1.54) is 11.3 Å². The number of nitrogens with zero attached hydrogens (tertiary/aromatic N) is 1. The predicted molar refractivity (Wildman–Crippen MR) is 111 cm³/mol. The van der Waals surface area contributed by atoms with Crippen molar-refractivity contribution >= 4 is 38.2 Å². The molecule has 1 aromatic carbocycles. The molecule has 0 bridgehead atoms. The molecule has 1 N–H and O–H groups in total. The third kappa shape index (κ3) is 4.20. The topological polar surface area (TPSA) is 102 Å². The van der Waals surface area contributed by atoms with Gasteiger partial charge in [0.1, 0.15) is 0 Å². The Morgan fingerprint density at radius 2 is 1.90 bits per heavy atom. The number of hydrogen-bond donors (Lipinski definition) is 1. The summed E-state index contributed by atoms with van der Waals surface area (Å²) in [6, 6.07) is 5.16. The van der Waals surface area contributed by atoms with E-state index < -0.39 is 33.1 Å². The summed E-state index contributed by atoms with van der Waals surface area (Å²) in [5, 5.41) is 4.74. The highest BCUT2D eigenvalue weighted by atomic mass is 32.2. The number of thiazole rings is 1. The first-order valence-corrected chi connectivity index (χ1v) is 11.7. The van der Waals surface area contributed by atoms with Gasteiger partial charge in [-0.2, -0.15) is 0 Å². The number of esters is 1. The van der Waals surface area contributed by atoms with Gasteiger partial charge < -0.3 is 4.74 Å². The average molecular weight is 437 g/mol. The maximum atomic E-state index is 13.5. The van der Waals surface area contributed by atoms with E-state index in [0.29, 0.717) is 23.5 Å². The second-order valence-corrected chi connectivity index (χ2v) is 10.5. The molecule has 7 nitrogen and oxygen atoms in total. The summed E-state index contributed by atoms with van der Waals surface area (Å²) in [6.07, 6.45) is 1.61. The number of anilines is 1. The number of nitrogens with one attached hydrogen (secondary N) is 1. The third-order valence-electron chi connectivity index (χ3n) is 5.13. The SMILES string of the molecule is Cc1ccc(C)c(S(=O)(=O)C2(C(=O)OCC(=O)Nc3nc(C)cs3)CCCC2)c1. The lowest BCUT2D eigenvalue weighted by Crippen LogP contribution is -2.46. The first kappa shape index (κ1) is 21.4. The van der Waals surface area contributed by atoms with E-state index in [9.17, 15) is 18.0 Å². The number of ether oxygens (including phenoxy) is 1. The third-order valence-corrected chi connectivity index (χ3v) is 8.63. The van der Waals surface area contributed by atoms with Crippen LogP contribution < -0.4 is 5.32 Å². The maximum absolute atomic E-state index is 13.5. The van der Waals surface area contributed by atoms with E-state index in [2.05, 4.69) is 10.3 Å². The fraction of sp³-hybridized carbons (Fsp3) is 0.450. The monoisotopic (exact) mass is 436 g/mol. The molecule has 1 fully saturated rings. The molecule has 2 aromatic rings. The molecular formula is C20H24N2O5S2. The molecule has 0 radical (unpaired) electrons. The van der Waals surface area contributed by atoms with Crippen molar-refractivity contribution in [2.75, 3.05) is 11.9 Å². The Balaban J connectivity index is 1.80. The number of hydrogen-bond acceptors (Lipinski definition) is 7. The van der Waals surface area contributed by atoms with Gasteiger partial charge in [-0.3, -0.25) is 14.9 Å². The summed E-state index contributed by atoms with van der Waals surface area (Å²) in [6.45, 7) is 4.77. The fourth-order valence-corrected chi connectivity index (χ4v) is 6.63. The maximum Gasteiger partial charge on any atom is 0.328 e. The van der Waals surface area contributed by atoms with E-state index in [-0.39, 0.29) is 17.7 Å². The summed E-state index contributed by atoms with van der Waals surface area (Å²) >= 11 is 1.26. The predicted octanol–water partition coefficient (Wildman–Crippen LogP) is 3.34. The zero-order valence-corrected chi connectivity index (χ0v) is 18.3. The van der Waals surface area contributed by atoms with Crippen molar-refractivity contribution in [3.8, 4) is 0 Å². The highest BCUT2D eigenvalue weighted by Crippen LogP contribution is 2.42. The Bertz CT molecular complexity index is 1040. The molecule has 1 heterocycles. The van der Waals surface area contributed by atoms with E-state index in [1.807, 2.05) is 13.0 Å². The summed E-state index contributed by atoms with van der Waals surface area (Å²) in [5.74, 6) is -1.41. The van der Waals surface area contributed by atoms with Gasteiger partial charge in [0.15, 0.2) is 26.3 Å². The van der Waals surface area contributed by atoms with Crippen LogP contribution in [0.3, 0.4) is 0 Å². The Hall–Kier alpha value is -2.26. The number of carbonyl (C=O) groups excluding carboxylic acids is 2. The Morgan fingerprint density at radius 1 is 1.21 bits per heavy atom. The normalized spacial score (nSPS) is 15.8. The molecule has 1 aliphatic rings. The molecular weight excluding hydrogens is 412 g/mol. The van der Waals surface area contributed by atoms with Gasteiger partial charge in [0.25, 0.3) is 5.91 Å². The van der Waals surface area contributed by atoms with Crippen LogP contribution in [0.15, 0.2) is 28.5 Å². The van der Waals surface area contributed by atoms with Crippen LogP contribution in [0.1, 0.15) is 42.5 Å². The van der Waals surface area contributed by atoms with Crippen molar-refractivity contribution in [3.63, 3.8) is 0 Å². The van der Waals surface area contributed by atoms with Crippen molar-refractivity contribution in [2.24, 2.45) is 0 Å². The van der Waals surface area contributed by atoms with Gasteiger partial charge >= 0.3 is 5.97 Å². The van der Waals surface area contributed by atoms with Crippen molar-refractivity contribution in [3.05, 3.63) is 40.4 Å². The largest absolute Gasteiger partial charge is 0.454 e. The van der Waals surface area contributed by atoms with Crippen molar-refractivity contribution < 1.29 is 22.7 Å². The highest BCUT2D eigenvalue weighted by molar-refractivity contribution is 7.93. The molecule has 156 valence electrons. The number of amides is 1. The quantitative estimate of drug-likeness (QED) is 0.697. The molecule has 0 unspecified atom stereocenters. The average Bonchev–Trinajstić information content (AvgIpc) is 3.32. The van der Waals surface area contributed by atoms with Crippen LogP contribution in [0.5, 0.6) is 0 Å². The molecule has 0 atom stereocenters. The smallest absolute Gasteiger partial charge is 0.328 e. The minimum absolute atomic E-state index is 0.152. The molecule has 0 spiro atoms. The summed E-state index contributed by atoms with van der Waals surface area (Å²) in [4.78, 5) is 29.3. The molecule has 0 saturated heterocycles. The number of aromatic nitrogens is 1. The highest BCUT2D eigenvalue weighted by Gasteiger charge is 2.54. The van der Waals surface area contributed by atoms with Crippen molar-refractivity contribution in [2.45, 2.75) is 56.1 Å². The second kappa shape index (κ2) is 8.23. The number of aryl methyl sites for hydroxylation is 3. The minimum atomic E-state index is -3.97. The van der Waals surface area contributed by atoms with Crippen LogP contribution >= 0.6 is 11.3 Å². The van der Waals surface area contributed by atoms with Crippen LogP contribution in [0.25, 0.3) is 0 Å². The molecule has 1 amide bonds. The summed E-state index contributed by atoms with van der Waals surface area (Å²) in [5.41, 5.74) is 2.16. The van der Waals surface area contributed by atoms with E-state index in [0.717, 1.165) is 11.3 Å². The minimum Gasteiger partial charge on any atom is -0.454 e. The Kier molecular flexibility index (Phi) is 6.09. The van der Waals surface area contributed by atoms with Crippen LogP contribution in [-0.4, -0.2) is 36.6 Å². The molecule has 1 saturated carbocycles. The summed E-state index contributed by atoms with van der Waals surface area (Å²) in [7, 11) is -3.97. The Labute approximate surface area is 174 Å². The molecule has 9 heteroatoms. The molecule has 3 rings (SSSR count). The summed E-state index contributed by atoms with van der Waals surface area (Å²) < 4.78 is 30.5. The zero-order chi connectivity index (χ0) is 21.2. The number of sulfone groups is 1.